The van der Waals surface area contributed by atoms with Crippen LogP contribution in [0.2, 0.25) is 5.02 Å². The van der Waals surface area contributed by atoms with E-state index in [1.807, 2.05) is 12.1 Å². The Bertz CT molecular complexity index is 745. The van der Waals surface area contributed by atoms with E-state index in [2.05, 4.69) is 5.32 Å². The summed E-state index contributed by atoms with van der Waals surface area (Å²) in [6.07, 6.45) is 4.41. The number of nitrogen functional groups attached to an aromatic ring is 1. The molecule has 1 aliphatic carbocycles. The average Bonchev–Trinajstić information content (AvgIpc) is 3.09. The van der Waals surface area contributed by atoms with E-state index in [0.717, 1.165) is 18.5 Å². The molecule has 116 valence electrons. The lowest BCUT2D eigenvalue weighted by molar-refractivity contribution is 0.0942. The molecule has 0 unspecified atom stereocenters. The number of thiazole rings is 1. The summed E-state index contributed by atoms with van der Waals surface area (Å²) < 4.78 is 2.26. The Morgan fingerprint density at radius 3 is 2.59 bits per heavy atom. The van der Waals surface area contributed by atoms with Crippen molar-refractivity contribution >= 4 is 46.9 Å². The van der Waals surface area contributed by atoms with E-state index in [0.29, 0.717) is 19.7 Å². The van der Waals surface area contributed by atoms with Crippen LogP contribution in [0.1, 0.15) is 35.4 Å². The Labute approximate surface area is 142 Å². The van der Waals surface area contributed by atoms with E-state index in [-0.39, 0.29) is 11.9 Å². The van der Waals surface area contributed by atoms with Gasteiger partial charge in [-0.05, 0) is 49.3 Å². The van der Waals surface area contributed by atoms with Crippen molar-refractivity contribution in [1.29, 1.82) is 0 Å². The van der Waals surface area contributed by atoms with Gasteiger partial charge in [-0.25, -0.2) is 0 Å². The maximum Gasteiger partial charge on any atom is 0.265 e. The van der Waals surface area contributed by atoms with E-state index in [9.17, 15) is 4.79 Å². The lowest BCUT2D eigenvalue weighted by atomic mass is 10.2. The van der Waals surface area contributed by atoms with E-state index < -0.39 is 0 Å². The van der Waals surface area contributed by atoms with Gasteiger partial charge in [0.1, 0.15) is 10.7 Å². The maximum atomic E-state index is 12.4. The molecule has 1 fully saturated rings. The number of carbonyl (C=O) groups excluding carboxylic acids is 1. The number of carbonyl (C=O) groups is 1. The van der Waals surface area contributed by atoms with Crippen LogP contribution >= 0.6 is 35.2 Å². The SMILES string of the molecule is Nc1c(C(=O)NC2CCCC2)sc(=S)n1-c1ccc(Cl)cc1. The third-order valence-corrected chi connectivity index (χ3v) is 5.47. The van der Waals surface area contributed by atoms with Crippen LogP contribution in [0.25, 0.3) is 5.69 Å². The van der Waals surface area contributed by atoms with Crippen LogP contribution in [0, 0.1) is 3.95 Å². The summed E-state index contributed by atoms with van der Waals surface area (Å²) in [6.45, 7) is 0. The van der Waals surface area contributed by atoms with Crippen LogP contribution in [-0.4, -0.2) is 16.5 Å². The molecule has 0 bridgehead atoms. The van der Waals surface area contributed by atoms with E-state index >= 15 is 0 Å². The zero-order valence-corrected chi connectivity index (χ0v) is 14.2. The topological polar surface area (TPSA) is 60.1 Å². The Hall–Kier alpha value is -1.37. The largest absolute Gasteiger partial charge is 0.383 e. The third kappa shape index (κ3) is 3.04. The van der Waals surface area contributed by atoms with Crippen molar-refractivity contribution in [3.8, 4) is 5.69 Å². The number of anilines is 1. The van der Waals surface area contributed by atoms with E-state index in [4.69, 9.17) is 29.6 Å². The third-order valence-electron chi connectivity index (χ3n) is 3.83. The molecule has 1 amide bonds. The molecule has 1 aliphatic rings. The van der Waals surface area contributed by atoms with Gasteiger partial charge in [0, 0.05) is 16.8 Å². The molecule has 1 aromatic carbocycles. The van der Waals surface area contributed by atoms with Crippen LogP contribution in [0.15, 0.2) is 24.3 Å². The molecule has 0 aliphatic heterocycles. The van der Waals surface area contributed by atoms with Gasteiger partial charge >= 0.3 is 0 Å². The molecule has 0 atom stereocenters. The van der Waals surface area contributed by atoms with Crippen molar-refractivity contribution in [2.45, 2.75) is 31.7 Å². The highest BCUT2D eigenvalue weighted by Crippen LogP contribution is 2.27. The molecule has 0 radical (unpaired) electrons. The minimum atomic E-state index is -0.131. The van der Waals surface area contributed by atoms with Gasteiger partial charge in [0.2, 0.25) is 0 Å². The summed E-state index contributed by atoms with van der Waals surface area (Å²) in [5, 5.41) is 3.69. The van der Waals surface area contributed by atoms with E-state index in [1.54, 1.807) is 16.7 Å². The first kappa shape index (κ1) is 15.5. The minimum Gasteiger partial charge on any atom is -0.383 e. The second kappa shape index (κ2) is 6.40. The molecular weight excluding hydrogens is 338 g/mol. The second-order valence-corrected chi connectivity index (χ2v) is 7.43. The number of hydrogen-bond acceptors (Lipinski definition) is 4. The van der Waals surface area contributed by atoms with Crippen LogP contribution in [-0.2, 0) is 0 Å². The lowest BCUT2D eigenvalue weighted by Gasteiger charge is -2.11. The first-order chi connectivity index (χ1) is 10.6. The predicted molar refractivity (Wildman–Crippen MR) is 93.6 cm³/mol. The highest BCUT2D eigenvalue weighted by Gasteiger charge is 2.22. The van der Waals surface area contributed by atoms with Crippen molar-refractivity contribution in [3.63, 3.8) is 0 Å². The van der Waals surface area contributed by atoms with Crippen molar-refractivity contribution in [1.82, 2.24) is 9.88 Å². The summed E-state index contributed by atoms with van der Waals surface area (Å²) >= 11 is 12.5. The Morgan fingerprint density at radius 1 is 1.32 bits per heavy atom. The number of nitrogens with zero attached hydrogens (tertiary/aromatic N) is 1. The molecule has 1 aromatic heterocycles. The molecule has 22 heavy (non-hydrogen) atoms. The molecular formula is C15H16ClN3OS2. The molecule has 1 heterocycles. The summed E-state index contributed by atoms with van der Waals surface area (Å²) in [5.41, 5.74) is 6.97. The van der Waals surface area contributed by atoms with Crippen LogP contribution in [0.3, 0.4) is 0 Å². The maximum absolute atomic E-state index is 12.4. The van der Waals surface area contributed by atoms with Gasteiger partial charge in [0.05, 0.1) is 0 Å². The summed E-state index contributed by atoms with van der Waals surface area (Å²) in [4.78, 5) is 12.9. The highest BCUT2D eigenvalue weighted by atomic mass is 35.5. The van der Waals surface area contributed by atoms with Crippen LogP contribution < -0.4 is 11.1 Å². The standard InChI is InChI=1S/C15H16ClN3OS2/c16-9-5-7-11(8-6-9)19-13(17)12(22-15(19)21)14(20)18-10-3-1-2-4-10/h5-8,10H,1-4,17H2,(H,18,20). The minimum absolute atomic E-state index is 0.131. The average molecular weight is 354 g/mol. The molecule has 0 saturated heterocycles. The summed E-state index contributed by atoms with van der Waals surface area (Å²) in [5.74, 6) is 0.251. The zero-order chi connectivity index (χ0) is 15.7. The number of nitrogens with one attached hydrogen (secondary N) is 1. The number of halogens is 1. The predicted octanol–water partition coefficient (Wildman–Crippen LogP) is 4.18. The molecule has 2 aromatic rings. The highest BCUT2D eigenvalue weighted by molar-refractivity contribution is 7.73. The van der Waals surface area contributed by atoms with Gasteiger partial charge in [0.25, 0.3) is 5.91 Å². The van der Waals surface area contributed by atoms with Crippen molar-refractivity contribution in [2.75, 3.05) is 5.73 Å². The molecule has 0 spiro atoms. The van der Waals surface area contributed by atoms with Crippen LogP contribution in [0.5, 0.6) is 0 Å². The number of hydrogen-bond donors (Lipinski definition) is 2. The van der Waals surface area contributed by atoms with Gasteiger partial charge in [-0.1, -0.05) is 35.8 Å². The monoisotopic (exact) mass is 353 g/mol. The van der Waals surface area contributed by atoms with Gasteiger partial charge in [-0.15, -0.1) is 0 Å². The van der Waals surface area contributed by atoms with Crippen molar-refractivity contribution in [3.05, 3.63) is 38.1 Å². The fourth-order valence-corrected chi connectivity index (χ4v) is 4.10. The normalized spacial score (nSPS) is 15.1. The first-order valence-corrected chi connectivity index (χ1v) is 8.74. The number of aromatic nitrogens is 1. The molecule has 7 heteroatoms. The van der Waals surface area contributed by atoms with Crippen LogP contribution in [0.4, 0.5) is 5.82 Å². The number of benzene rings is 1. The van der Waals surface area contributed by atoms with Crippen molar-refractivity contribution < 1.29 is 4.79 Å². The number of rotatable bonds is 3. The smallest absolute Gasteiger partial charge is 0.265 e. The fraction of sp³-hybridized carbons (Fsp3) is 0.333. The second-order valence-electron chi connectivity index (χ2n) is 5.35. The van der Waals surface area contributed by atoms with Gasteiger partial charge in [-0.2, -0.15) is 0 Å². The van der Waals surface area contributed by atoms with Crippen molar-refractivity contribution in [2.24, 2.45) is 0 Å². The summed E-state index contributed by atoms with van der Waals surface area (Å²) in [6, 6.07) is 7.47. The Balaban J connectivity index is 1.91. The molecule has 4 nitrogen and oxygen atoms in total. The lowest BCUT2D eigenvalue weighted by Crippen LogP contribution is -2.32. The molecule has 1 saturated carbocycles. The van der Waals surface area contributed by atoms with Gasteiger partial charge in [-0.3, -0.25) is 9.36 Å². The van der Waals surface area contributed by atoms with Gasteiger partial charge < -0.3 is 11.1 Å². The number of amides is 1. The quantitative estimate of drug-likeness (QED) is 0.814. The molecule has 3 N–H and O–H groups in total. The summed E-state index contributed by atoms with van der Waals surface area (Å²) in [7, 11) is 0. The Morgan fingerprint density at radius 2 is 1.95 bits per heavy atom. The fourth-order valence-electron chi connectivity index (χ4n) is 2.70. The van der Waals surface area contributed by atoms with E-state index in [1.165, 1.54) is 24.2 Å². The zero-order valence-electron chi connectivity index (χ0n) is 11.8. The Kier molecular flexibility index (Phi) is 4.52. The number of nitrogens with two attached hydrogens (primary N) is 1. The molecule has 3 rings (SSSR count). The first-order valence-electron chi connectivity index (χ1n) is 7.14. The van der Waals surface area contributed by atoms with Gasteiger partial charge in [0.15, 0.2) is 3.95 Å².